The summed E-state index contributed by atoms with van der Waals surface area (Å²) in [6.45, 7) is 5.85. The number of carbonyl (C=O) groups is 1. The Hall–Kier alpha value is -0.830. The van der Waals surface area contributed by atoms with E-state index < -0.39 is 5.41 Å². The van der Waals surface area contributed by atoms with E-state index in [1.807, 2.05) is 43.0 Å². The SMILES string of the molecule is CC(C)(C(=O)N1CCCC1)c1ccc(Br)cc1. The average molecular weight is 296 g/mol. The van der Waals surface area contributed by atoms with Gasteiger partial charge >= 0.3 is 0 Å². The maximum atomic E-state index is 12.5. The molecular weight excluding hydrogens is 278 g/mol. The van der Waals surface area contributed by atoms with E-state index in [1.165, 1.54) is 0 Å². The molecule has 0 radical (unpaired) electrons. The van der Waals surface area contributed by atoms with Crippen LogP contribution in [0.5, 0.6) is 0 Å². The molecule has 1 fully saturated rings. The largest absolute Gasteiger partial charge is 0.342 e. The van der Waals surface area contributed by atoms with Gasteiger partial charge in [0.15, 0.2) is 0 Å². The molecule has 0 saturated carbocycles. The Kier molecular flexibility index (Phi) is 3.57. The van der Waals surface area contributed by atoms with Gasteiger partial charge < -0.3 is 4.90 Å². The highest BCUT2D eigenvalue weighted by Crippen LogP contribution is 2.28. The van der Waals surface area contributed by atoms with Gasteiger partial charge in [0, 0.05) is 17.6 Å². The van der Waals surface area contributed by atoms with Gasteiger partial charge in [0.1, 0.15) is 0 Å². The molecule has 17 heavy (non-hydrogen) atoms. The van der Waals surface area contributed by atoms with Gasteiger partial charge in [0.05, 0.1) is 5.41 Å². The first-order valence-electron chi connectivity index (χ1n) is 6.07. The lowest BCUT2D eigenvalue weighted by atomic mass is 9.83. The third kappa shape index (κ3) is 2.54. The molecule has 3 heteroatoms. The summed E-state index contributed by atoms with van der Waals surface area (Å²) >= 11 is 3.42. The first kappa shape index (κ1) is 12.6. The molecule has 1 aliphatic heterocycles. The van der Waals surface area contributed by atoms with E-state index in [4.69, 9.17) is 0 Å². The van der Waals surface area contributed by atoms with Crippen LogP contribution in [0.4, 0.5) is 0 Å². The molecule has 2 rings (SSSR count). The van der Waals surface area contributed by atoms with Crippen LogP contribution in [0.1, 0.15) is 32.3 Å². The number of nitrogens with zero attached hydrogens (tertiary/aromatic N) is 1. The monoisotopic (exact) mass is 295 g/mol. The summed E-state index contributed by atoms with van der Waals surface area (Å²) in [5.41, 5.74) is 0.656. The second kappa shape index (κ2) is 4.81. The van der Waals surface area contributed by atoms with Crippen LogP contribution in [-0.4, -0.2) is 23.9 Å². The lowest BCUT2D eigenvalue weighted by Crippen LogP contribution is -2.41. The third-order valence-corrected chi connectivity index (χ3v) is 4.02. The van der Waals surface area contributed by atoms with E-state index in [0.29, 0.717) is 0 Å². The first-order chi connectivity index (χ1) is 8.01. The Morgan fingerprint density at radius 1 is 1.18 bits per heavy atom. The van der Waals surface area contributed by atoms with Crippen LogP contribution in [0.2, 0.25) is 0 Å². The van der Waals surface area contributed by atoms with Crippen LogP contribution in [0, 0.1) is 0 Å². The van der Waals surface area contributed by atoms with E-state index in [1.54, 1.807) is 0 Å². The summed E-state index contributed by atoms with van der Waals surface area (Å²) in [5.74, 6) is 0.248. The molecule has 1 aromatic rings. The zero-order chi connectivity index (χ0) is 12.5. The van der Waals surface area contributed by atoms with Crippen molar-refractivity contribution < 1.29 is 4.79 Å². The van der Waals surface area contributed by atoms with Crippen LogP contribution in [-0.2, 0) is 10.2 Å². The van der Waals surface area contributed by atoms with Crippen LogP contribution in [0.15, 0.2) is 28.7 Å². The molecule has 0 aliphatic carbocycles. The number of rotatable bonds is 2. The minimum absolute atomic E-state index is 0.248. The summed E-state index contributed by atoms with van der Waals surface area (Å²) in [7, 11) is 0. The fraction of sp³-hybridized carbons (Fsp3) is 0.500. The second-order valence-corrected chi connectivity index (χ2v) is 6.05. The number of likely N-dealkylation sites (tertiary alicyclic amines) is 1. The number of carbonyl (C=O) groups excluding carboxylic acids is 1. The summed E-state index contributed by atoms with van der Waals surface area (Å²) in [5, 5.41) is 0. The van der Waals surface area contributed by atoms with Gasteiger partial charge in [-0.2, -0.15) is 0 Å². The van der Waals surface area contributed by atoms with Gasteiger partial charge in [-0.1, -0.05) is 28.1 Å². The van der Waals surface area contributed by atoms with E-state index >= 15 is 0 Å². The molecule has 1 aliphatic rings. The van der Waals surface area contributed by atoms with E-state index in [-0.39, 0.29) is 5.91 Å². The van der Waals surface area contributed by atoms with Crippen LogP contribution in [0.3, 0.4) is 0 Å². The molecule has 0 atom stereocenters. The van der Waals surface area contributed by atoms with Crippen LogP contribution >= 0.6 is 15.9 Å². The van der Waals surface area contributed by atoms with Crippen molar-refractivity contribution in [3.05, 3.63) is 34.3 Å². The van der Waals surface area contributed by atoms with Crippen molar-refractivity contribution in [1.82, 2.24) is 4.90 Å². The van der Waals surface area contributed by atoms with Gasteiger partial charge in [-0.15, -0.1) is 0 Å². The number of amides is 1. The van der Waals surface area contributed by atoms with Crippen molar-refractivity contribution in [2.75, 3.05) is 13.1 Å². The molecule has 0 spiro atoms. The Balaban J connectivity index is 2.22. The van der Waals surface area contributed by atoms with E-state index in [0.717, 1.165) is 36.0 Å². The van der Waals surface area contributed by atoms with Crippen molar-refractivity contribution in [1.29, 1.82) is 0 Å². The van der Waals surface area contributed by atoms with Crippen LogP contribution in [0.25, 0.3) is 0 Å². The second-order valence-electron chi connectivity index (χ2n) is 5.13. The number of benzene rings is 1. The first-order valence-corrected chi connectivity index (χ1v) is 6.86. The summed E-state index contributed by atoms with van der Waals surface area (Å²) in [6, 6.07) is 8.04. The number of halogens is 1. The molecule has 1 saturated heterocycles. The Morgan fingerprint density at radius 3 is 2.24 bits per heavy atom. The van der Waals surface area contributed by atoms with Gasteiger partial charge in [-0.3, -0.25) is 4.79 Å². The highest BCUT2D eigenvalue weighted by molar-refractivity contribution is 9.10. The molecule has 2 nitrogen and oxygen atoms in total. The Bertz CT molecular complexity index is 405. The van der Waals surface area contributed by atoms with Crippen molar-refractivity contribution in [3.8, 4) is 0 Å². The van der Waals surface area contributed by atoms with Gasteiger partial charge in [0.2, 0.25) is 5.91 Å². The van der Waals surface area contributed by atoms with Gasteiger partial charge in [-0.25, -0.2) is 0 Å². The Labute approximate surface area is 111 Å². The molecule has 0 bridgehead atoms. The summed E-state index contributed by atoms with van der Waals surface area (Å²) in [4.78, 5) is 14.5. The fourth-order valence-electron chi connectivity index (χ4n) is 2.31. The molecule has 1 aromatic carbocycles. The molecule has 1 heterocycles. The highest BCUT2D eigenvalue weighted by Gasteiger charge is 2.34. The lowest BCUT2D eigenvalue weighted by molar-refractivity contribution is -0.135. The van der Waals surface area contributed by atoms with Crippen molar-refractivity contribution in [2.45, 2.75) is 32.1 Å². The standard InChI is InChI=1S/C14H18BrNO/c1-14(2,11-5-7-12(15)8-6-11)13(17)16-9-3-4-10-16/h5-8H,3-4,9-10H2,1-2H3. The van der Waals surface area contributed by atoms with Crippen molar-refractivity contribution >= 4 is 21.8 Å². The molecule has 92 valence electrons. The summed E-state index contributed by atoms with van der Waals surface area (Å²) < 4.78 is 1.05. The van der Waals surface area contributed by atoms with Crippen LogP contribution < -0.4 is 0 Å². The third-order valence-electron chi connectivity index (χ3n) is 3.49. The quantitative estimate of drug-likeness (QED) is 0.819. The lowest BCUT2D eigenvalue weighted by Gasteiger charge is -2.29. The maximum absolute atomic E-state index is 12.5. The maximum Gasteiger partial charge on any atom is 0.232 e. The topological polar surface area (TPSA) is 20.3 Å². The van der Waals surface area contributed by atoms with E-state index in [9.17, 15) is 4.79 Å². The fourth-order valence-corrected chi connectivity index (χ4v) is 2.57. The molecule has 1 amide bonds. The van der Waals surface area contributed by atoms with E-state index in [2.05, 4.69) is 15.9 Å². The van der Waals surface area contributed by atoms with Gasteiger partial charge in [0.25, 0.3) is 0 Å². The minimum Gasteiger partial charge on any atom is -0.342 e. The minimum atomic E-state index is -0.426. The zero-order valence-corrected chi connectivity index (χ0v) is 12.0. The molecule has 0 aromatic heterocycles. The molecule has 0 unspecified atom stereocenters. The van der Waals surface area contributed by atoms with Crippen molar-refractivity contribution in [3.63, 3.8) is 0 Å². The van der Waals surface area contributed by atoms with Crippen molar-refractivity contribution in [2.24, 2.45) is 0 Å². The smallest absolute Gasteiger partial charge is 0.232 e. The average Bonchev–Trinajstić information content (AvgIpc) is 2.82. The van der Waals surface area contributed by atoms with Gasteiger partial charge in [-0.05, 0) is 44.4 Å². The predicted octanol–water partition coefficient (Wildman–Crippen LogP) is 3.35. The normalized spacial score (nSPS) is 16.3. The predicted molar refractivity (Wildman–Crippen MR) is 73.0 cm³/mol. The number of hydrogen-bond donors (Lipinski definition) is 0. The number of hydrogen-bond acceptors (Lipinski definition) is 1. The highest BCUT2D eigenvalue weighted by atomic mass is 79.9. The summed E-state index contributed by atoms with van der Waals surface area (Å²) in [6.07, 6.45) is 2.28. The Morgan fingerprint density at radius 2 is 1.71 bits per heavy atom. The molecular formula is C14H18BrNO. The molecule has 0 N–H and O–H groups in total. The zero-order valence-electron chi connectivity index (χ0n) is 10.4.